The highest BCUT2D eigenvalue weighted by Crippen LogP contribution is 2.12. The molecule has 0 aliphatic carbocycles. The highest BCUT2D eigenvalue weighted by Gasteiger charge is 2.15. The molecule has 39 heavy (non-hydrogen) atoms. The molecule has 9 heteroatoms. The Kier molecular flexibility index (Phi) is 20.8. The van der Waals surface area contributed by atoms with Gasteiger partial charge in [-0.3, -0.25) is 9.59 Å². The van der Waals surface area contributed by atoms with Crippen molar-refractivity contribution in [2.75, 3.05) is 73.2 Å². The Hall–Kier alpha value is -1.72. The molecule has 0 bridgehead atoms. The largest absolute Gasteiger partial charge is 0.380 e. The lowest BCUT2D eigenvalue weighted by atomic mass is 9.99. The van der Waals surface area contributed by atoms with Crippen LogP contribution >= 0.6 is 0 Å². The number of hydrogen-bond donors (Lipinski definition) is 0. The van der Waals surface area contributed by atoms with Crippen LogP contribution < -0.4 is 0 Å². The smallest absolute Gasteiger partial charge is 0.161 e. The molecule has 224 valence electrons. The maximum atomic E-state index is 12.4. The lowest BCUT2D eigenvalue weighted by Crippen LogP contribution is -2.20. The molecule has 0 saturated carbocycles. The van der Waals surface area contributed by atoms with Gasteiger partial charge in [-0.1, -0.05) is 45.0 Å². The number of hydrogen-bond acceptors (Lipinski definition) is 9. The van der Waals surface area contributed by atoms with Gasteiger partial charge in [-0.25, -0.2) is 0 Å². The number of benzene rings is 1. The van der Waals surface area contributed by atoms with Crippen LogP contribution in [0.3, 0.4) is 0 Å². The Morgan fingerprint density at radius 2 is 1.10 bits per heavy atom. The van der Waals surface area contributed by atoms with Crippen molar-refractivity contribution in [3.8, 4) is 0 Å². The van der Waals surface area contributed by atoms with E-state index in [1.54, 1.807) is 7.11 Å². The van der Waals surface area contributed by atoms with Gasteiger partial charge in [-0.2, -0.15) is 0 Å². The predicted molar refractivity (Wildman–Crippen MR) is 149 cm³/mol. The second kappa shape index (κ2) is 23.0. The lowest BCUT2D eigenvalue weighted by molar-refractivity contribution is -0.128. The van der Waals surface area contributed by atoms with Crippen LogP contribution in [0.5, 0.6) is 0 Å². The zero-order valence-corrected chi connectivity index (χ0v) is 24.6. The molecule has 9 nitrogen and oxygen atoms in total. The van der Waals surface area contributed by atoms with Crippen molar-refractivity contribution in [1.29, 1.82) is 0 Å². The van der Waals surface area contributed by atoms with Crippen LogP contribution in [0.1, 0.15) is 51.7 Å². The number of methoxy groups -OCH3 is 1. The summed E-state index contributed by atoms with van der Waals surface area (Å²) in [5.41, 5.74) is 2.14. The fraction of sp³-hybridized carbons (Fsp3) is 0.733. The van der Waals surface area contributed by atoms with Gasteiger partial charge in [-0.05, 0) is 30.9 Å². The quantitative estimate of drug-likeness (QED) is 0.157. The van der Waals surface area contributed by atoms with Crippen molar-refractivity contribution in [3.05, 3.63) is 35.4 Å². The molecule has 2 atom stereocenters. The summed E-state index contributed by atoms with van der Waals surface area (Å²) in [6.45, 7) is 12.7. The van der Waals surface area contributed by atoms with Crippen LogP contribution in [-0.2, 0) is 56.0 Å². The first-order valence-corrected chi connectivity index (χ1v) is 14.0. The third-order valence-corrected chi connectivity index (χ3v) is 6.04. The zero-order chi connectivity index (χ0) is 28.7. The predicted octanol–water partition coefficient (Wildman–Crippen LogP) is 4.03. The molecule has 1 rings (SSSR count). The minimum atomic E-state index is -0.0703. The van der Waals surface area contributed by atoms with Gasteiger partial charge in [0.15, 0.2) is 11.6 Å². The molecule has 0 amide bonds. The van der Waals surface area contributed by atoms with Gasteiger partial charge in [0.2, 0.25) is 0 Å². The number of ether oxygens (including phenoxy) is 7. The van der Waals surface area contributed by atoms with Gasteiger partial charge in [0.1, 0.15) is 13.2 Å². The van der Waals surface area contributed by atoms with Crippen LogP contribution in [0.15, 0.2) is 24.3 Å². The molecular formula is C30H50O9. The fourth-order valence-electron chi connectivity index (χ4n) is 3.35. The van der Waals surface area contributed by atoms with Crippen LogP contribution in [0.4, 0.5) is 0 Å². The highest BCUT2D eigenvalue weighted by molar-refractivity contribution is 5.82. The number of ketones is 2. The van der Waals surface area contributed by atoms with Crippen molar-refractivity contribution in [2.24, 2.45) is 11.8 Å². The van der Waals surface area contributed by atoms with E-state index < -0.39 is 0 Å². The van der Waals surface area contributed by atoms with E-state index in [1.165, 1.54) is 0 Å². The van der Waals surface area contributed by atoms with E-state index in [0.717, 1.165) is 24.0 Å². The van der Waals surface area contributed by atoms with Crippen LogP contribution in [0, 0.1) is 11.8 Å². The van der Waals surface area contributed by atoms with E-state index in [1.807, 2.05) is 52.0 Å². The fourth-order valence-corrected chi connectivity index (χ4v) is 3.35. The summed E-state index contributed by atoms with van der Waals surface area (Å²) in [7, 11) is 1.67. The Bertz CT molecular complexity index is 751. The molecule has 0 spiro atoms. The molecule has 0 aliphatic heterocycles. The SMILES string of the molecule is COCc1ccc(COCC(=O)C(C)CCC(C)OCCOCCOCCOCCOCC(=O)C(C)C)cc1. The average Bonchev–Trinajstić information content (AvgIpc) is 2.92. The zero-order valence-electron chi connectivity index (χ0n) is 24.6. The Morgan fingerprint density at radius 3 is 1.64 bits per heavy atom. The van der Waals surface area contributed by atoms with Crippen molar-refractivity contribution >= 4 is 11.6 Å². The highest BCUT2D eigenvalue weighted by atomic mass is 16.6. The monoisotopic (exact) mass is 554 g/mol. The van der Waals surface area contributed by atoms with E-state index in [9.17, 15) is 9.59 Å². The van der Waals surface area contributed by atoms with Crippen molar-refractivity contribution in [3.63, 3.8) is 0 Å². The molecule has 0 N–H and O–H groups in total. The number of carbonyl (C=O) groups excluding carboxylic acids is 2. The summed E-state index contributed by atoms with van der Waals surface area (Å²) in [5.74, 6) is 0.131. The van der Waals surface area contributed by atoms with E-state index in [0.29, 0.717) is 66.1 Å². The summed E-state index contributed by atoms with van der Waals surface area (Å²) in [6, 6.07) is 8.00. The molecule has 1 aromatic carbocycles. The maximum Gasteiger partial charge on any atom is 0.161 e. The first-order valence-electron chi connectivity index (χ1n) is 14.0. The Labute approximate surface area is 234 Å². The van der Waals surface area contributed by atoms with Gasteiger partial charge in [0.25, 0.3) is 0 Å². The minimum Gasteiger partial charge on any atom is -0.380 e. The average molecular weight is 555 g/mol. The first-order chi connectivity index (χ1) is 18.8. The summed E-state index contributed by atoms with van der Waals surface area (Å²) >= 11 is 0. The van der Waals surface area contributed by atoms with Gasteiger partial charge in [-0.15, -0.1) is 0 Å². The number of carbonyl (C=O) groups is 2. The van der Waals surface area contributed by atoms with Crippen LogP contribution in [0.25, 0.3) is 0 Å². The summed E-state index contributed by atoms with van der Waals surface area (Å²) in [4.78, 5) is 23.8. The van der Waals surface area contributed by atoms with Gasteiger partial charge >= 0.3 is 0 Å². The minimum absolute atomic E-state index is 0.00395. The van der Waals surface area contributed by atoms with Crippen molar-refractivity contribution in [2.45, 2.75) is 59.9 Å². The third-order valence-electron chi connectivity index (χ3n) is 6.04. The first kappa shape index (κ1) is 35.3. The maximum absolute atomic E-state index is 12.4. The summed E-state index contributed by atoms with van der Waals surface area (Å²) < 4.78 is 38.2. The molecule has 0 aliphatic rings. The summed E-state index contributed by atoms with van der Waals surface area (Å²) in [5, 5.41) is 0. The standard InChI is InChI=1S/C30H50O9/c1-24(2)29(31)22-37-17-16-35-13-12-34-14-15-36-18-19-39-26(4)7-6-25(3)30(32)23-38-21-28-10-8-27(9-11-28)20-33-5/h8-11,24-26H,6-7,12-23H2,1-5H3. The molecule has 0 aromatic heterocycles. The molecule has 0 saturated heterocycles. The third kappa shape index (κ3) is 19.1. The number of rotatable bonds is 26. The summed E-state index contributed by atoms with van der Waals surface area (Å²) in [6.07, 6.45) is 1.61. The molecule has 0 fully saturated rings. The van der Waals surface area contributed by atoms with E-state index >= 15 is 0 Å². The Balaban J connectivity index is 1.92. The molecular weight excluding hydrogens is 504 g/mol. The molecule has 0 radical (unpaired) electrons. The van der Waals surface area contributed by atoms with E-state index in [-0.39, 0.29) is 42.7 Å². The lowest BCUT2D eigenvalue weighted by Gasteiger charge is -2.16. The molecule has 0 heterocycles. The topological polar surface area (TPSA) is 98.8 Å². The van der Waals surface area contributed by atoms with Crippen molar-refractivity contribution < 1.29 is 42.7 Å². The van der Waals surface area contributed by atoms with Gasteiger partial charge < -0.3 is 33.2 Å². The second-order valence-electron chi connectivity index (χ2n) is 9.88. The second-order valence-corrected chi connectivity index (χ2v) is 9.88. The Morgan fingerprint density at radius 1 is 0.615 bits per heavy atom. The van der Waals surface area contributed by atoms with Crippen LogP contribution in [0.2, 0.25) is 0 Å². The molecule has 1 aromatic rings. The van der Waals surface area contributed by atoms with E-state index in [2.05, 4.69) is 0 Å². The van der Waals surface area contributed by atoms with Gasteiger partial charge in [0, 0.05) is 18.9 Å². The van der Waals surface area contributed by atoms with Gasteiger partial charge in [0.05, 0.1) is 72.2 Å². The van der Waals surface area contributed by atoms with Crippen molar-refractivity contribution in [1.82, 2.24) is 0 Å². The van der Waals surface area contributed by atoms with Crippen LogP contribution in [-0.4, -0.2) is 90.8 Å². The molecule has 2 unspecified atom stereocenters. The normalized spacial score (nSPS) is 13.1. The van der Waals surface area contributed by atoms with E-state index in [4.69, 9.17) is 33.2 Å². The number of Topliss-reactive ketones (excluding diaryl/α,β-unsaturated/α-hetero) is 2.